The van der Waals surface area contributed by atoms with E-state index in [1.807, 2.05) is 19.2 Å². The maximum absolute atomic E-state index is 13.7. The molecule has 0 radical (unpaired) electrons. The fourth-order valence-electron chi connectivity index (χ4n) is 2.49. The molecule has 2 aromatic rings. The molecule has 2 rings (SSSR count). The fourth-order valence-corrected chi connectivity index (χ4v) is 2.49. The summed E-state index contributed by atoms with van der Waals surface area (Å²) in [5.74, 6) is -0.151. The Morgan fingerprint density at radius 1 is 0.895 bits per heavy atom. The maximum Gasteiger partial charge on any atom is 0.126 e. The first-order valence-corrected chi connectivity index (χ1v) is 6.53. The van der Waals surface area contributed by atoms with Gasteiger partial charge in [0.15, 0.2) is 0 Å². The highest BCUT2D eigenvalue weighted by molar-refractivity contribution is 5.38. The Morgan fingerprint density at radius 2 is 1.53 bits per heavy atom. The number of benzene rings is 2. The first-order valence-electron chi connectivity index (χ1n) is 6.53. The maximum atomic E-state index is 13.7. The van der Waals surface area contributed by atoms with Gasteiger partial charge in [-0.1, -0.05) is 41.5 Å². The second-order valence-corrected chi connectivity index (χ2v) is 5.15. The Balaban J connectivity index is 2.46. The number of aryl methyl sites for hydroxylation is 3. The van der Waals surface area contributed by atoms with E-state index in [-0.39, 0.29) is 11.9 Å². The predicted octanol–water partition coefficient (Wildman–Crippen LogP) is 4.06. The van der Waals surface area contributed by atoms with Crippen molar-refractivity contribution in [1.29, 1.82) is 0 Å². The highest BCUT2D eigenvalue weighted by Crippen LogP contribution is 2.25. The molecule has 19 heavy (non-hydrogen) atoms. The highest BCUT2D eigenvalue weighted by Gasteiger charge is 2.14. The van der Waals surface area contributed by atoms with E-state index in [9.17, 15) is 4.39 Å². The van der Waals surface area contributed by atoms with Gasteiger partial charge in [0.1, 0.15) is 5.82 Å². The summed E-state index contributed by atoms with van der Waals surface area (Å²) in [5.41, 5.74) is 5.25. The number of hydrogen-bond donors (Lipinski definition) is 1. The van der Waals surface area contributed by atoms with Crippen molar-refractivity contribution >= 4 is 0 Å². The molecule has 0 heterocycles. The van der Waals surface area contributed by atoms with Crippen LogP contribution in [0.25, 0.3) is 0 Å². The molecule has 1 N–H and O–H groups in total. The Bertz CT molecular complexity index is 570. The Kier molecular flexibility index (Phi) is 4.01. The zero-order valence-corrected chi connectivity index (χ0v) is 11.9. The zero-order chi connectivity index (χ0) is 14.0. The monoisotopic (exact) mass is 257 g/mol. The summed E-state index contributed by atoms with van der Waals surface area (Å²) in [5, 5.41) is 3.27. The Morgan fingerprint density at radius 3 is 2.05 bits per heavy atom. The lowest BCUT2D eigenvalue weighted by Crippen LogP contribution is -2.18. The molecule has 0 spiro atoms. The standard InChI is InChI=1S/C17H20FN/c1-11-7-12(2)9-15(8-11)17(19-4)14-6-5-13(3)16(18)10-14/h5-10,17,19H,1-4H3. The normalized spacial score (nSPS) is 12.5. The summed E-state index contributed by atoms with van der Waals surface area (Å²) in [4.78, 5) is 0. The fraction of sp³-hybridized carbons (Fsp3) is 0.294. The zero-order valence-electron chi connectivity index (χ0n) is 11.9. The molecule has 0 aromatic heterocycles. The van der Waals surface area contributed by atoms with Gasteiger partial charge in [-0.3, -0.25) is 0 Å². The molecule has 100 valence electrons. The van der Waals surface area contributed by atoms with Crippen LogP contribution in [0.3, 0.4) is 0 Å². The first kappa shape index (κ1) is 13.8. The van der Waals surface area contributed by atoms with Gasteiger partial charge in [-0.05, 0) is 50.6 Å². The van der Waals surface area contributed by atoms with Crippen LogP contribution in [-0.2, 0) is 0 Å². The van der Waals surface area contributed by atoms with Crippen LogP contribution in [0, 0.1) is 26.6 Å². The summed E-state index contributed by atoms with van der Waals surface area (Å²) in [6, 6.07) is 11.9. The van der Waals surface area contributed by atoms with Crippen LogP contribution in [0.4, 0.5) is 4.39 Å². The lowest BCUT2D eigenvalue weighted by molar-refractivity contribution is 0.608. The first-order chi connectivity index (χ1) is 9.01. The van der Waals surface area contributed by atoms with E-state index in [1.54, 1.807) is 13.0 Å². The molecule has 0 fully saturated rings. The SMILES string of the molecule is CNC(c1cc(C)cc(C)c1)c1ccc(C)c(F)c1. The van der Waals surface area contributed by atoms with Gasteiger partial charge >= 0.3 is 0 Å². The van der Waals surface area contributed by atoms with Crippen molar-refractivity contribution in [3.8, 4) is 0 Å². The van der Waals surface area contributed by atoms with Gasteiger partial charge in [0.05, 0.1) is 6.04 Å². The molecule has 1 atom stereocenters. The molecule has 0 bridgehead atoms. The van der Waals surface area contributed by atoms with Crippen molar-refractivity contribution in [1.82, 2.24) is 5.32 Å². The topological polar surface area (TPSA) is 12.0 Å². The van der Waals surface area contributed by atoms with Crippen LogP contribution >= 0.6 is 0 Å². The minimum absolute atomic E-state index is 0.0219. The van der Waals surface area contributed by atoms with E-state index in [4.69, 9.17) is 0 Å². The third-order valence-corrected chi connectivity index (χ3v) is 3.40. The van der Waals surface area contributed by atoms with Crippen LogP contribution < -0.4 is 5.32 Å². The van der Waals surface area contributed by atoms with E-state index in [0.29, 0.717) is 5.56 Å². The van der Waals surface area contributed by atoms with Gasteiger partial charge in [0.2, 0.25) is 0 Å². The van der Waals surface area contributed by atoms with Crippen molar-refractivity contribution in [2.75, 3.05) is 7.05 Å². The number of rotatable bonds is 3. The summed E-state index contributed by atoms with van der Waals surface area (Å²) < 4.78 is 13.7. The summed E-state index contributed by atoms with van der Waals surface area (Å²) >= 11 is 0. The van der Waals surface area contributed by atoms with Gasteiger partial charge in [0.25, 0.3) is 0 Å². The van der Waals surface area contributed by atoms with E-state index in [1.165, 1.54) is 16.7 Å². The summed E-state index contributed by atoms with van der Waals surface area (Å²) in [6.45, 7) is 5.95. The lowest BCUT2D eigenvalue weighted by Gasteiger charge is -2.19. The molecular weight excluding hydrogens is 237 g/mol. The minimum Gasteiger partial charge on any atom is -0.309 e. The summed E-state index contributed by atoms with van der Waals surface area (Å²) in [6.07, 6.45) is 0. The smallest absolute Gasteiger partial charge is 0.126 e. The van der Waals surface area contributed by atoms with Gasteiger partial charge < -0.3 is 5.32 Å². The Labute approximate surface area is 114 Å². The van der Waals surface area contributed by atoms with Crippen LogP contribution in [0.1, 0.15) is 33.9 Å². The van der Waals surface area contributed by atoms with Gasteiger partial charge in [-0.2, -0.15) is 0 Å². The van der Waals surface area contributed by atoms with E-state index in [0.717, 1.165) is 5.56 Å². The van der Waals surface area contributed by atoms with Crippen LogP contribution in [0.2, 0.25) is 0 Å². The third kappa shape index (κ3) is 3.02. The van der Waals surface area contributed by atoms with Gasteiger partial charge in [-0.25, -0.2) is 4.39 Å². The van der Waals surface area contributed by atoms with Gasteiger partial charge in [-0.15, -0.1) is 0 Å². The molecule has 0 aliphatic carbocycles. The van der Waals surface area contributed by atoms with Crippen LogP contribution in [0.15, 0.2) is 36.4 Å². The number of hydrogen-bond acceptors (Lipinski definition) is 1. The van der Waals surface area contributed by atoms with Crippen LogP contribution in [-0.4, -0.2) is 7.05 Å². The molecular formula is C17H20FN. The van der Waals surface area contributed by atoms with Crippen molar-refractivity contribution < 1.29 is 4.39 Å². The molecule has 2 aromatic carbocycles. The van der Waals surface area contributed by atoms with Crippen molar-refractivity contribution in [3.63, 3.8) is 0 Å². The molecule has 1 nitrogen and oxygen atoms in total. The summed E-state index contributed by atoms with van der Waals surface area (Å²) in [7, 11) is 1.90. The molecule has 1 unspecified atom stereocenters. The highest BCUT2D eigenvalue weighted by atomic mass is 19.1. The second kappa shape index (κ2) is 5.54. The van der Waals surface area contributed by atoms with E-state index in [2.05, 4.69) is 37.4 Å². The quantitative estimate of drug-likeness (QED) is 0.874. The van der Waals surface area contributed by atoms with Crippen molar-refractivity contribution in [3.05, 3.63) is 70.0 Å². The molecule has 0 amide bonds. The van der Waals surface area contributed by atoms with Crippen molar-refractivity contribution in [2.24, 2.45) is 0 Å². The number of nitrogens with one attached hydrogen (secondary N) is 1. The Hall–Kier alpha value is -1.67. The average Bonchev–Trinajstić information content (AvgIpc) is 2.33. The predicted molar refractivity (Wildman–Crippen MR) is 78.0 cm³/mol. The molecule has 0 saturated heterocycles. The van der Waals surface area contributed by atoms with Gasteiger partial charge in [0, 0.05) is 0 Å². The lowest BCUT2D eigenvalue weighted by atomic mass is 9.95. The second-order valence-electron chi connectivity index (χ2n) is 5.15. The molecule has 2 heteroatoms. The molecule has 0 aliphatic rings. The van der Waals surface area contributed by atoms with E-state index < -0.39 is 0 Å². The minimum atomic E-state index is -0.151. The largest absolute Gasteiger partial charge is 0.309 e. The molecule has 0 aliphatic heterocycles. The number of halogens is 1. The van der Waals surface area contributed by atoms with E-state index >= 15 is 0 Å². The average molecular weight is 257 g/mol. The van der Waals surface area contributed by atoms with Crippen molar-refractivity contribution in [2.45, 2.75) is 26.8 Å². The van der Waals surface area contributed by atoms with Crippen LogP contribution in [0.5, 0.6) is 0 Å². The third-order valence-electron chi connectivity index (χ3n) is 3.40. The molecule has 0 saturated carbocycles.